The summed E-state index contributed by atoms with van der Waals surface area (Å²) in [6.07, 6.45) is 3.21. The van der Waals surface area contributed by atoms with Crippen LogP contribution in [-0.4, -0.2) is 64.5 Å². The Morgan fingerprint density at radius 1 is 1.03 bits per heavy atom. The molecule has 0 spiro atoms. The van der Waals surface area contributed by atoms with Gasteiger partial charge in [0, 0.05) is 51.8 Å². The van der Waals surface area contributed by atoms with Gasteiger partial charge >= 0.3 is 0 Å². The average Bonchev–Trinajstić information content (AvgIpc) is 3.36. The second kappa shape index (κ2) is 9.32. The fourth-order valence-electron chi connectivity index (χ4n) is 3.56. The van der Waals surface area contributed by atoms with Gasteiger partial charge in [-0.1, -0.05) is 30.3 Å². The van der Waals surface area contributed by atoms with Gasteiger partial charge in [-0.05, 0) is 29.5 Å². The van der Waals surface area contributed by atoms with E-state index in [2.05, 4.69) is 17.0 Å². The van der Waals surface area contributed by atoms with Crippen molar-refractivity contribution in [2.75, 3.05) is 32.7 Å². The number of nitrogens with zero attached hydrogens (tertiary/aromatic N) is 3. The van der Waals surface area contributed by atoms with Crippen molar-refractivity contribution in [1.82, 2.24) is 14.7 Å². The number of rotatable bonds is 6. The number of benzene rings is 1. The van der Waals surface area contributed by atoms with Crippen LogP contribution in [0.15, 0.2) is 58.1 Å². The molecule has 3 amide bonds. The number of carbonyl (C=O) groups is 3. The van der Waals surface area contributed by atoms with Crippen LogP contribution in [0.5, 0.6) is 0 Å². The quantitative estimate of drug-likeness (QED) is 0.663. The summed E-state index contributed by atoms with van der Waals surface area (Å²) >= 11 is 0.875. The number of thioether (sulfide) groups is 1. The molecular weight excluding hydrogens is 402 g/mol. The Kier molecular flexibility index (Phi) is 6.35. The molecule has 2 aliphatic rings. The van der Waals surface area contributed by atoms with Crippen LogP contribution in [0.25, 0.3) is 6.08 Å². The van der Waals surface area contributed by atoms with E-state index in [1.54, 1.807) is 18.2 Å². The molecule has 0 unspecified atom stereocenters. The van der Waals surface area contributed by atoms with Crippen molar-refractivity contribution in [3.8, 4) is 0 Å². The fourth-order valence-corrected chi connectivity index (χ4v) is 4.40. The maximum Gasteiger partial charge on any atom is 0.293 e. The minimum absolute atomic E-state index is 0.0246. The molecular formula is C22H23N3O4S. The fraction of sp³-hybridized carbons (Fsp3) is 0.318. The van der Waals surface area contributed by atoms with Crippen molar-refractivity contribution in [1.29, 1.82) is 0 Å². The van der Waals surface area contributed by atoms with E-state index in [4.69, 9.17) is 4.42 Å². The standard InChI is InChI=1S/C22H23N3O4S/c26-20(24-12-10-23(11-13-24)16-17-5-2-1-3-6-17)8-9-25-21(27)19(30-22(25)28)15-18-7-4-14-29-18/h1-7,14-15H,8-13,16H2/b19-15-. The van der Waals surface area contributed by atoms with Gasteiger partial charge in [-0.15, -0.1) is 0 Å². The molecule has 0 bridgehead atoms. The van der Waals surface area contributed by atoms with E-state index in [1.807, 2.05) is 23.1 Å². The van der Waals surface area contributed by atoms with Gasteiger partial charge in [-0.3, -0.25) is 24.2 Å². The Bertz CT molecular complexity index is 935. The number of piperazine rings is 1. The summed E-state index contributed by atoms with van der Waals surface area (Å²) in [4.78, 5) is 42.9. The van der Waals surface area contributed by atoms with E-state index >= 15 is 0 Å². The number of furan rings is 1. The number of hydrogen-bond donors (Lipinski definition) is 0. The minimum Gasteiger partial charge on any atom is -0.465 e. The smallest absolute Gasteiger partial charge is 0.293 e. The molecule has 156 valence electrons. The molecule has 4 rings (SSSR count). The number of carbonyl (C=O) groups excluding carboxylic acids is 3. The van der Waals surface area contributed by atoms with E-state index in [0.717, 1.165) is 36.3 Å². The summed E-state index contributed by atoms with van der Waals surface area (Å²) in [7, 11) is 0. The highest BCUT2D eigenvalue weighted by molar-refractivity contribution is 8.18. The molecule has 30 heavy (non-hydrogen) atoms. The van der Waals surface area contributed by atoms with Gasteiger partial charge in [0.1, 0.15) is 5.76 Å². The Morgan fingerprint density at radius 2 is 1.80 bits per heavy atom. The van der Waals surface area contributed by atoms with Crippen LogP contribution in [0.3, 0.4) is 0 Å². The van der Waals surface area contributed by atoms with Gasteiger partial charge in [-0.2, -0.15) is 0 Å². The van der Waals surface area contributed by atoms with Crippen molar-refractivity contribution in [3.05, 3.63) is 65.0 Å². The second-order valence-electron chi connectivity index (χ2n) is 7.24. The van der Waals surface area contributed by atoms with Crippen molar-refractivity contribution in [3.63, 3.8) is 0 Å². The second-order valence-corrected chi connectivity index (χ2v) is 8.23. The third-order valence-electron chi connectivity index (χ3n) is 5.21. The molecule has 0 aliphatic carbocycles. The number of hydrogen-bond acceptors (Lipinski definition) is 6. The monoisotopic (exact) mass is 425 g/mol. The zero-order chi connectivity index (χ0) is 20.9. The first-order valence-electron chi connectivity index (χ1n) is 9.93. The van der Waals surface area contributed by atoms with Crippen LogP contribution in [0.4, 0.5) is 4.79 Å². The SMILES string of the molecule is O=C(CCN1C(=O)S/C(=C\c2ccco2)C1=O)N1CCN(Cc2ccccc2)CC1. The normalized spacial score (nSPS) is 19.1. The Morgan fingerprint density at radius 3 is 2.50 bits per heavy atom. The van der Waals surface area contributed by atoms with Crippen LogP contribution < -0.4 is 0 Å². The molecule has 2 aliphatic heterocycles. The van der Waals surface area contributed by atoms with Gasteiger partial charge in [-0.25, -0.2) is 0 Å². The van der Waals surface area contributed by atoms with Crippen LogP contribution in [0.1, 0.15) is 17.7 Å². The number of imide groups is 1. The highest BCUT2D eigenvalue weighted by atomic mass is 32.2. The lowest BCUT2D eigenvalue weighted by Gasteiger charge is -2.35. The molecule has 0 saturated carbocycles. The molecule has 1 aromatic carbocycles. The molecule has 1 aromatic heterocycles. The summed E-state index contributed by atoms with van der Waals surface area (Å²) in [6.45, 7) is 3.92. The molecule has 8 heteroatoms. The largest absolute Gasteiger partial charge is 0.465 e. The summed E-state index contributed by atoms with van der Waals surface area (Å²) in [5.41, 5.74) is 1.26. The number of amides is 3. The highest BCUT2D eigenvalue weighted by Gasteiger charge is 2.35. The summed E-state index contributed by atoms with van der Waals surface area (Å²) in [5, 5.41) is -0.349. The van der Waals surface area contributed by atoms with Crippen molar-refractivity contribution in [2.24, 2.45) is 0 Å². The summed E-state index contributed by atoms with van der Waals surface area (Å²) < 4.78 is 5.20. The van der Waals surface area contributed by atoms with Gasteiger partial charge < -0.3 is 9.32 Å². The zero-order valence-electron chi connectivity index (χ0n) is 16.5. The predicted octanol–water partition coefficient (Wildman–Crippen LogP) is 3.05. The Hall–Kier alpha value is -2.84. The van der Waals surface area contributed by atoms with Gasteiger partial charge in [0.05, 0.1) is 11.2 Å². The molecule has 3 heterocycles. The molecule has 2 saturated heterocycles. The summed E-state index contributed by atoms with van der Waals surface area (Å²) in [5.74, 6) is 0.121. The van der Waals surface area contributed by atoms with Crippen molar-refractivity contribution in [2.45, 2.75) is 13.0 Å². The lowest BCUT2D eigenvalue weighted by molar-refractivity contribution is -0.133. The van der Waals surface area contributed by atoms with Crippen LogP contribution in [0, 0.1) is 0 Å². The molecule has 7 nitrogen and oxygen atoms in total. The molecule has 2 fully saturated rings. The molecule has 2 aromatic rings. The molecule has 0 N–H and O–H groups in total. The third kappa shape index (κ3) is 4.83. The van der Waals surface area contributed by atoms with E-state index in [-0.39, 0.29) is 30.0 Å². The average molecular weight is 426 g/mol. The first-order chi connectivity index (χ1) is 14.6. The van der Waals surface area contributed by atoms with E-state index < -0.39 is 0 Å². The van der Waals surface area contributed by atoms with Crippen molar-refractivity contribution < 1.29 is 18.8 Å². The molecule has 0 radical (unpaired) electrons. The van der Waals surface area contributed by atoms with E-state index in [9.17, 15) is 14.4 Å². The van der Waals surface area contributed by atoms with Crippen LogP contribution >= 0.6 is 11.8 Å². The minimum atomic E-state index is -0.373. The lowest BCUT2D eigenvalue weighted by Crippen LogP contribution is -2.48. The first-order valence-corrected chi connectivity index (χ1v) is 10.7. The Balaban J connectivity index is 1.25. The van der Waals surface area contributed by atoms with Crippen LogP contribution in [-0.2, 0) is 16.1 Å². The first kappa shape index (κ1) is 20.4. The lowest BCUT2D eigenvalue weighted by atomic mass is 10.2. The van der Waals surface area contributed by atoms with Crippen molar-refractivity contribution >= 4 is 34.9 Å². The van der Waals surface area contributed by atoms with Gasteiger partial charge in [0.25, 0.3) is 11.1 Å². The zero-order valence-corrected chi connectivity index (χ0v) is 17.3. The highest BCUT2D eigenvalue weighted by Crippen LogP contribution is 2.32. The predicted molar refractivity (Wildman–Crippen MR) is 114 cm³/mol. The third-order valence-corrected chi connectivity index (χ3v) is 6.12. The topological polar surface area (TPSA) is 74.1 Å². The maximum atomic E-state index is 12.6. The Labute approximate surface area is 179 Å². The van der Waals surface area contributed by atoms with Gasteiger partial charge in [0.15, 0.2) is 0 Å². The van der Waals surface area contributed by atoms with Crippen LogP contribution in [0.2, 0.25) is 0 Å². The van der Waals surface area contributed by atoms with E-state index in [1.165, 1.54) is 11.8 Å². The van der Waals surface area contributed by atoms with E-state index in [0.29, 0.717) is 23.8 Å². The summed E-state index contributed by atoms with van der Waals surface area (Å²) in [6, 6.07) is 13.7. The maximum absolute atomic E-state index is 12.6. The molecule has 0 atom stereocenters. The van der Waals surface area contributed by atoms with Gasteiger partial charge in [0.2, 0.25) is 5.91 Å².